The Morgan fingerprint density at radius 1 is 0.296 bits per heavy atom. The van der Waals surface area contributed by atoms with Crippen molar-refractivity contribution in [2.24, 2.45) is 0 Å². The quantitative estimate of drug-likeness (QED) is 0.177. The number of nitrogens with one attached hydrogen (secondary N) is 1. The van der Waals surface area contributed by atoms with Gasteiger partial charge in [0.05, 0.1) is 22.5 Å². The molecular formula is C79H56N2. The summed E-state index contributed by atoms with van der Waals surface area (Å²) in [5.74, 6) is 0. The van der Waals surface area contributed by atoms with Crippen molar-refractivity contribution in [1.82, 2.24) is 0 Å². The first-order chi connectivity index (χ1) is 39.7. The molecule has 0 unspecified atom stereocenters. The van der Waals surface area contributed by atoms with Crippen LogP contribution in [0.2, 0.25) is 0 Å². The molecule has 1 spiro atoms. The highest BCUT2D eigenvalue weighted by atomic mass is 15.2. The third kappa shape index (κ3) is 6.06. The lowest BCUT2D eigenvalue weighted by Crippen LogP contribution is -2.31. The average molecular weight is 1030 g/mol. The molecule has 0 amide bonds. The van der Waals surface area contributed by atoms with Crippen LogP contribution in [0.25, 0.3) is 88.0 Å². The van der Waals surface area contributed by atoms with E-state index >= 15 is 0 Å². The summed E-state index contributed by atoms with van der Waals surface area (Å²) < 4.78 is 0. The Morgan fingerprint density at radius 3 is 1.53 bits per heavy atom. The van der Waals surface area contributed by atoms with Gasteiger partial charge in [-0.2, -0.15) is 0 Å². The maximum Gasteiger partial charge on any atom is 0.0725 e. The van der Waals surface area contributed by atoms with Crippen LogP contribution in [0, 0.1) is 0 Å². The molecule has 0 saturated heterocycles. The second-order valence-corrected chi connectivity index (χ2v) is 23.9. The lowest BCUT2D eigenvalue weighted by molar-refractivity contribution is 0.632. The number of anilines is 5. The molecule has 0 atom stereocenters. The molecule has 1 N–H and O–H groups in total. The van der Waals surface area contributed by atoms with Crippen molar-refractivity contribution in [3.05, 3.63) is 305 Å². The van der Waals surface area contributed by atoms with Crippen LogP contribution in [0.15, 0.2) is 261 Å². The second kappa shape index (κ2) is 16.6. The zero-order valence-corrected chi connectivity index (χ0v) is 45.8. The third-order valence-corrected chi connectivity index (χ3v) is 19.3. The molecule has 0 radical (unpaired) electrons. The molecule has 2 heteroatoms. The second-order valence-electron chi connectivity index (χ2n) is 23.9. The summed E-state index contributed by atoms with van der Waals surface area (Å²) in [6, 6.07) is 99.1. The first kappa shape index (κ1) is 46.2. The maximum absolute atomic E-state index is 4.02. The van der Waals surface area contributed by atoms with E-state index in [9.17, 15) is 0 Å². The van der Waals surface area contributed by atoms with Crippen molar-refractivity contribution in [2.75, 3.05) is 10.2 Å². The fourth-order valence-electron chi connectivity index (χ4n) is 15.7. The summed E-state index contributed by atoms with van der Waals surface area (Å²) in [6.07, 6.45) is 0. The number of rotatable bonds is 4. The van der Waals surface area contributed by atoms with E-state index in [4.69, 9.17) is 0 Å². The first-order valence-corrected chi connectivity index (χ1v) is 28.7. The predicted molar refractivity (Wildman–Crippen MR) is 340 cm³/mol. The van der Waals surface area contributed by atoms with Gasteiger partial charge in [0.15, 0.2) is 0 Å². The molecule has 2 nitrogen and oxygen atoms in total. The van der Waals surface area contributed by atoms with Crippen LogP contribution in [0.5, 0.6) is 0 Å². The molecule has 0 fully saturated rings. The summed E-state index contributed by atoms with van der Waals surface area (Å²) in [5, 5.41) is 11.4. The smallest absolute Gasteiger partial charge is 0.0725 e. The standard InChI is InChI=1S/C79H56N2/c1-77(2)64-38-14-16-43-70(64)80-75-57(33-20-41-68(75)77)51-29-18-31-55-60(51)47-61-52(58-34-21-42-69-76(58)81(49-24-6-5-7-25-49)71-44-17-15-39-65(71)78(69,3)4)30-19-32-56(61)72(55)59-35-22-40-66-74(59)73-50-26-9-8-23-48(50)45-46-67(73)79(66)62-36-12-10-27-53(62)54-28-11-13-37-63(54)79/h5-47,80H,1-4H3. The summed E-state index contributed by atoms with van der Waals surface area (Å²) in [4.78, 5) is 2.53. The highest BCUT2D eigenvalue weighted by Gasteiger charge is 2.53. The number of hydrogen-bond acceptors (Lipinski definition) is 2. The molecule has 13 aromatic rings. The van der Waals surface area contributed by atoms with E-state index in [1.807, 2.05) is 0 Å². The monoisotopic (exact) mass is 1030 g/mol. The lowest BCUT2D eigenvalue weighted by atomic mass is 9.70. The molecule has 4 aliphatic rings. The molecule has 17 rings (SSSR count). The van der Waals surface area contributed by atoms with Gasteiger partial charge in [-0.05, 0) is 152 Å². The van der Waals surface area contributed by atoms with Crippen LogP contribution in [0.4, 0.5) is 28.4 Å². The van der Waals surface area contributed by atoms with Gasteiger partial charge < -0.3 is 10.2 Å². The minimum atomic E-state index is -0.528. The largest absolute Gasteiger partial charge is 0.355 e. The van der Waals surface area contributed by atoms with E-state index in [1.165, 1.54) is 150 Å². The average Bonchev–Trinajstić information content (AvgIpc) is 1.82. The van der Waals surface area contributed by atoms with Crippen molar-refractivity contribution < 1.29 is 0 Å². The Kier molecular flexibility index (Phi) is 9.49. The molecule has 13 aromatic carbocycles. The Labute approximate surface area is 473 Å². The van der Waals surface area contributed by atoms with E-state index < -0.39 is 5.41 Å². The third-order valence-electron chi connectivity index (χ3n) is 19.3. The number of hydrogen-bond donors (Lipinski definition) is 1. The molecule has 0 bridgehead atoms. The van der Waals surface area contributed by atoms with Gasteiger partial charge in [0.25, 0.3) is 0 Å². The van der Waals surface area contributed by atoms with Gasteiger partial charge in [0.2, 0.25) is 0 Å². The molecule has 382 valence electrons. The summed E-state index contributed by atoms with van der Waals surface area (Å²) in [6.45, 7) is 9.55. The van der Waals surface area contributed by atoms with Crippen molar-refractivity contribution in [3.63, 3.8) is 0 Å². The predicted octanol–water partition coefficient (Wildman–Crippen LogP) is 21.0. The summed E-state index contributed by atoms with van der Waals surface area (Å²) in [5.41, 5.74) is 28.0. The van der Waals surface area contributed by atoms with E-state index in [0.29, 0.717) is 0 Å². The van der Waals surface area contributed by atoms with Gasteiger partial charge in [-0.25, -0.2) is 0 Å². The highest BCUT2D eigenvalue weighted by molar-refractivity contribution is 6.23. The molecular weight excluding hydrogens is 977 g/mol. The van der Waals surface area contributed by atoms with Gasteiger partial charge in [-0.1, -0.05) is 258 Å². The van der Waals surface area contributed by atoms with Gasteiger partial charge in [0.1, 0.15) is 0 Å². The highest BCUT2D eigenvalue weighted by Crippen LogP contribution is 2.66. The molecule has 2 heterocycles. The van der Waals surface area contributed by atoms with Gasteiger partial charge in [0, 0.05) is 33.3 Å². The Balaban J connectivity index is 1.02. The van der Waals surface area contributed by atoms with E-state index in [1.54, 1.807) is 0 Å². The van der Waals surface area contributed by atoms with Crippen molar-refractivity contribution in [1.29, 1.82) is 0 Å². The molecule has 0 aromatic heterocycles. The van der Waals surface area contributed by atoms with E-state index in [-0.39, 0.29) is 10.8 Å². The fourth-order valence-corrected chi connectivity index (χ4v) is 15.7. The van der Waals surface area contributed by atoms with Crippen LogP contribution in [0.1, 0.15) is 72.2 Å². The minimum absolute atomic E-state index is 0.222. The van der Waals surface area contributed by atoms with Gasteiger partial charge in [-0.15, -0.1) is 0 Å². The summed E-state index contributed by atoms with van der Waals surface area (Å²) >= 11 is 0. The van der Waals surface area contributed by atoms with Crippen molar-refractivity contribution in [2.45, 2.75) is 43.9 Å². The number of benzene rings is 13. The normalized spacial score (nSPS) is 15.0. The molecule has 81 heavy (non-hydrogen) atoms. The van der Waals surface area contributed by atoms with Crippen LogP contribution >= 0.6 is 0 Å². The van der Waals surface area contributed by atoms with Crippen LogP contribution in [-0.4, -0.2) is 0 Å². The number of fused-ring (bicyclic) bond motifs is 18. The maximum atomic E-state index is 4.02. The van der Waals surface area contributed by atoms with E-state index in [2.05, 4.69) is 299 Å². The van der Waals surface area contributed by atoms with E-state index in [0.717, 1.165) is 11.4 Å². The number of para-hydroxylation sites is 5. The van der Waals surface area contributed by atoms with Crippen LogP contribution in [-0.2, 0) is 16.2 Å². The fraction of sp³-hybridized carbons (Fsp3) is 0.0886. The zero-order valence-electron chi connectivity index (χ0n) is 45.8. The van der Waals surface area contributed by atoms with Crippen LogP contribution in [0.3, 0.4) is 0 Å². The Morgan fingerprint density at radius 2 is 0.790 bits per heavy atom. The molecule has 2 aliphatic heterocycles. The molecule has 2 aliphatic carbocycles. The Hall–Kier alpha value is -9.76. The zero-order chi connectivity index (χ0) is 53.9. The van der Waals surface area contributed by atoms with Crippen molar-refractivity contribution >= 4 is 60.8 Å². The van der Waals surface area contributed by atoms with Gasteiger partial charge >= 0.3 is 0 Å². The summed E-state index contributed by atoms with van der Waals surface area (Å²) in [7, 11) is 0. The Bertz CT molecular complexity index is 4820. The van der Waals surface area contributed by atoms with Gasteiger partial charge in [-0.3, -0.25) is 0 Å². The van der Waals surface area contributed by atoms with Crippen LogP contribution < -0.4 is 10.2 Å². The first-order valence-electron chi connectivity index (χ1n) is 28.7. The lowest BCUT2D eigenvalue weighted by Gasteiger charge is -2.43. The number of nitrogens with zero attached hydrogens (tertiary/aromatic N) is 1. The molecule has 0 saturated carbocycles. The minimum Gasteiger partial charge on any atom is -0.355 e. The topological polar surface area (TPSA) is 15.3 Å². The van der Waals surface area contributed by atoms with Crippen molar-refractivity contribution in [3.8, 4) is 55.6 Å². The SMILES string of the molecule is CC1(C)c2ccccc2Nc2c(-c3cccc4c(-c5cccc6c5-c5c(ccc7ccccc57)C65c6ccccc6-c6ccccc65)c5cccc(-c6cccc7c6N(c6ccccc6)c6ccccc6C7(C)C)c5cc34)cccc21.